The Bertz CT molecular complexity index is 1020. The van der Waals surface area contributed by atoms with E-state index in [-0.39, 0.29) is 29.7 Å². The Morgan fingerprint density at radius 1 is 1.23 bits per heavy atom. The third-order valence-corrected chi connectivity index (χ3v) is 5.77. The fourth-order valence-corrected chi connectivity index (χ4v) is 4.21. The molecule has 7 nitrogen and oxygen atoms in total. The highest BCUT2D eigenvalue weighted by Crippen LogP contribution is 2.34. The second-order valence-corrected chi connectivity index (χ2v) is 8.37. The fraction of sp³-hybridized carbons (Fsp3) is 0.227. The van der Waals surface area contributed by atoms with Gasteiger partial charge in [-0.25, -0.2) is 0 Å². The molecule has 0 radical (unpaired) electrons. The SMILES string of the molecule is CCOc1cc(/C=C2\SC(=S)N(CCCC(=O)Nc3ccc(O)cc3)C2=O)ccc1O. The lowest BCUT2D eigenvalue weighted by atomic mass is 10.2. The first kappa shape index (κ1) is 22.6. The van der Waals surface area contributed by atoms with Crippen molar-refractivity contribution < 1.29 is 24.5 Å². The average Bonchev–Trinajstić information content (AvgIpc) is 2.99. The van der Waals surface area contributed by atoms with Gasteiger partial charge < -0.3 is 20.3 Å². The average molecular weight is 459 g/mol. The van der Waals surface area contributed by atoms with E-state index in [1.807, 2.05) is 6.92 Å². The highest BCUT2D eigenvalue weighted by atomic mass is 32.2. The van der Waals surface area contributed by atoms with Gasteiger partial charge in [-0.3, -0.25) is 14.5 Å². The molecule has 1 fully saturated rings. The quantitative estimate of drug-likeness (QED) is 0.311. The van der Waals surface area contributed by atoms with E-state index in [2.05, 4.69) is 5.32 Å². The molecule has 0 bridgehead atoms. The molecule has 162 valence electrons. The first-order chi connectivity index (χ1) is 14.9. The zero-order valence-corrected chi connectivity index (χ0v) is 18.5. The molecule has 0 unspecified atom stereocenters. The van der Waals surface area contributed by atoms with E-state index >= 15 is 0 Å². The highest BCUT2D eigenvalue weighted by Gasteiger charge is 2.31. The maximum Gasteiger partial charge on any atom is 0.266 e. The van der Waals surface area contributed by atoms with Crippen molar-refractivity contribution in [2.24, 2.45) is 0 Å². The van der Waals surface area contributed by atoms with E-state index in [9.17, 15) is 19.8 Å². The van der Waals surface area contributed by atoms with Gasteiger partial charge in [-0.1, -0.05) is 30.0 Å². The summed E-state index contributed by atoms with van der Waals surface area (Å²) in [6.07, 6.45) is 2.39. The Hall–Kier alpha value is -3.04. The summed E-state index contributed by atoms with van der Waals surface area (Å²) in [6, 6.07) is 11.1. The van der Waals surface area contributed by atoms with Gasteiger partial charge in [0, 0.05) is 18.7 Å². The molecule has 0 spiro atoms. The van der Waals surface area contributed by atoms with Gasteiger partial charge in [-0.05, 0) is 61.4 Å². The van der Waals surface area contributed by atoms with Crippen LogP contribution in [0.5, 0.6) is 17.2 Å². The van der Waals surface area contributed by atoms with Gasteiger partial charge in [0.2, 0.25) is 5.91 Å². The summed E-state index contributed by atoms with van der Waals surface area (Å²) in [6.45, 7) is 2.58. The molecule has 1 heterocycles. The van der Waals surface area contributed by atoms with Crippen LogP contribution < -0.4 is 10.1 Å². The van der Waals surface area contributed by atoms with Crippen molar-refractivity contribution in [1.29, 1.82) is 0 Å². The minimum absolute atomic E-state index is 0.0390. The molecule has 1 aliphatic rings. The van der Waals surface area contributed by atoms with Gasteiger partial charge >= 0.3 is 0 Å². The number of hydrogen-bond donors (Lipinski definition) is 3. The third-order valence-electron chi connectivity index (χ3n) is 4.39. The number of carbonyl (C=O) groups is 2. The molecule has 0 atom stereocenters. The van der Waals surface area contributed by atoms with Crippen molar-refractivity contribution in [3.63, 3.8) is 0 Å². The number of carbonyl (C=O) groups excluding carboxylic acids is 2. The number of phenols is 2. The van der Waals surface area contributed by atoms with E-state index in [0.29, 0.717) is 40.2 Å². The Morgan fingerprint density at radius 2 is 1.97 bits per heavy atom. The maximum atomic E-state index is 12.7. The van der Waals surface area contributed by atoms with Crippen molar-refractivity contribution in [3.8, 4) is 17.2 Å². The smallest absolute Gasteiger partial charge is 0.266 e. The largest absolute Gasteiger partial charge is 0.508 e. The molecule has 3 N–H and O–H groups in total. The second kappa shape index (κ2) is 10.3. The number of anilines is 1. The van der Waals surface area contributed by atoms with Crippen LogP contribution in [-0.4, -0.2) is 44.4 Å². The third kappa shape index (κ3) is 5.99. The summed E-state index contributed by atoms with van der Waals surface area (Å²) in [5.41, 5.74) is 1.31. The second-order valence-electron chi connectivity index (χ2n) is 6.69. The number of thioether (sulfide) groups is 1. The first-order valence-corrected chi connectivity index (χ1v) is 10.9. The topological polar surface area (TPSA) is 99.1 Å². The molecular formula is C22H22N2O5S2. The molecule has 0 aliphatic carbocycles. The number of hydrogen-bond acceptors (Lipinski definition) is 7. The molecule has 2 aromatic carbocycles. The number of benzene rings is 2. The molecule has 3 rings (SSSR count). The van der Waals surface area contributed by atoms with Gasteiger partial charge in [-0.15, -0.1) is 0 Å². The van der Waals surface area contributed by atoms with Gasteiger partial charge in [-0.2, -0.15) is 0 Å². The normalized spacial score (nSPS) is 14.9. The number of nitrogens with one attached hydrogen (secondary N) is 1. The minimum atomic E-state index is -0.208. The van der Waals surface area contributed by atoms with Crippen LogP contribution in [0.3, 0.4) is 0 Å². The van der Waals surface area contributed by atoms with Crippen LogP contribution in [0.4, 0.5) is 5.69 Å². The summed E-state index contributed by atoms with van der Waals surface area (Å²) in [7, 11) is 0. The summed E-state index contributed by atoms with van der Waals surface area (Å²) >= 11 is 6.54. The van der Waals surface area contributed by atoms with Gasteiger partial charge in [0.1, 0.15) is 10.1 Å². The standard InChI is InChI=1S/C22H22N2O5S2/c1-2-29-18-12-14(5-10-17(18)26)13-19-21(28)24(22(30)31-19)11-3-4-20(27)23-15-6-8-16(25)9-7-15/h5-10,12-13,25-26H,2-4,11H2,1H3,(H,23,27)/b19-13-. The van der Waals surface area contributed by atoms with Crippen molar-refractivity contribution >= 4 is 51.9 Å². The van der Waals surface area contributed by atoms with E-state index in [4.69, 9.17) is 17.0 Å². The zero-order valence-electron chi connectivity index (χ0n) is 16.8. The summed E-state index contributed by atoms with van der Waals surface area (Å²) < 4.78 is 5.82. The predicted molar refractivity (Wildman–Crippen MR) is 125 cm³/mol. The minimum Gasteiger partial charge on any atom is -0.508 e. The molecule has 9 heteroatoms. The van der Waals surface area contributed by atoms with Gasteiger partial charge in [0.15, 0.2) is 11.5 Å². The van der Waals surface area contributed by atoms with Crippen LogP contribution in [0.25, 0.3) is 6.08 Å². The maximum absolute atomic E-state index is 12.7. The number of ether oxygens (including phenoxy) is 1. The van der Waals surface area contributed by atoms with Crippen molar-refractivity contribution in [2.75, 3.05) is 18.5 Å². The molecule has 31 heavy (non-hydrogen) atoms. The lowest BCUT2D eigenvalue weighted by molar-refractivity contribution is -0.122. The molecule has 0 saturated carbocycles. The van der Waals surface area contributed by atoms with Crippen LogP contribution in [0.2, 0.25) is 0 Å². The van der Waals surface area contributed by atoms with Crippen LogP contribution >= 0.6 is 24.0 Å². The Balaban J connectivity index is 1.56. The fourth-order valence-electron chi connectivity index (χ4n) is 2.90. The Morgan fingerprint density at radius 3 is 2.68 bits per heavy atom. The van der Waals surface area contributed by atoms with Crippen molar-refractivity contribution in [2.45, 2.75) is 19.8 Å². The number of nitrogens with zero attached hydrogens (tertiary/aromatic N) is 1. The van der Waals surface area contributed by atoms with Gasteiger partial charge in [0.25, 0.3) is 5.91 Å². The predicted octanol–water partition coefficient (Wildman–Crippen LogP) is 4.12. The van der Waals surface area contributed by atoms with E-state index < -0.39 is 0 Å². The summed E-state index contributed by atoms with van der Waals surface area (Å²) in [5.74, 6) is 0.129. The molecule has 0 aromatic heterocycles. The number of phenolic OH excluding ortho intramolecular Hbond substituents is 2. The number of amides is 2. The Kier molecular flexibility index (Phi) is 7.54. The number of thiocarbonyl (C=S) groups is 1. The lowest BCUT2D eigenvalue weighted by Gasteiger charge is -2.14. The zero-order chi connectivity index (χ0) is 22.4. The van der Waals surface area contributed by atoms with Crippen molar-refractivity contribution in [3.05, 3.63) is 52.9 Å². The van der Waals surface area contributed by atoms with Crippen LogP contribution in [-0.2, 0) is 9.59 Å². The number of aromatic hydroxyl groups is 2. The van der Waals surface area contributed by atoms with E-state index in [1.165, 1.54) is 34.9 Å². The van der Waals surface area contributed by atoms with Crippen LogP contribution in [0, 0.1) is 0 Å². The molecule has 1 aliphatic heterocycles. The van der Waals surface area contributed by atoms with E-state index in [1.54, 1.807) is 30.3 Å². The lowest BCUT2D eigenvalue weighted by Crippen LogP contribution is -2.29. The van der Waals surface area contributed by atoms with Crippen molar-refractivity contribution in [1.82, 2.24) is 4.90 Å². The summed E-state index contributed by atoms with van der Waals surface area (Å²) in [5, 5.41) is 21.8. The van der Waals surface area contributed by atoms with Crippen LogP contribution in [0.15, 0.2) is 47.4 Å². The Labute approximate surface area is 189 Å². The first-order valence-electron chi connectivity index (χ1n) is 9.67. The van der Waals surface area contributed by atoms with E-state index in [0.717, 1.165) is 5.56 Å². The summed E-state index contributed by atoms with van der Waals surface area (Å²) in [4.78, 5) is 26.8. The molecule has 2 amide bonds. The highest BCUT2D eigenvalue weighted by molar-refractivity contribution is 8.26. The van der Waals surface area contributed by atoms with Gasteiger partial charge in [0.05, 0.1) is 11.5 Å². The monoisotopic (exact) mass is 458 g/mol. The van der Waals surface area contributed by atoms with Crippen LogP contribution in [0.1, 0.15) is 25.3 Å². The molecule has 1 saturated heterocycles. The molecule has 2 aromatic rings. The number of rotatable bonds is 8. The molecular weight excluding hydrogens is 436 g/mol.